The number of aliphatic hydroxyl groups is 1. The van der Waals surface area contributed by atoms with Gasteiger partial charge in [0.15, 0.2) is 5.69 Å². The number of non-ortho nitro benzene ring substituents is 1. The van der Waals surface area contributed by atoms with E-state index in [0.29, 0.717) is 25.1 Å². The van der Waals surface area contributed by atoms with Gasteiger partial charge in [-0.15, -0.1) is 0 Å². The second kappa shape index (κ2) is 7.50. The maximum Gasteiger partial charge on any atom is 0.271 e. The van der Waals surface area contributed by atoms with Gasteiger partial charge >= 0.3 is 0 Å². The van der Waals surface area contributed by atoms with Crippen LogP contribution in [0.5, 0.6) is 0 Å². The topological polar surface area (TPSA) is 110 Å². The zero-order chi connectivity index (χ0) is 16.8. The molecule has 0 aliphatic rings. The minimum Gasteiger partial charge on any atom is -0.393 e. The van der Waals surface area contributed by atoms with Crippen molar-refractivity contribution in [2.24, 2.45) is 0 Å². The van der Waals surface area contributed by atoms with Gasteiger partial charge in [0, 0.05) is 24.9 Å². The Labute approximate surface area is 132 Å². The largest absolute Gasteiger partial charge is 0.393 e. The van der Waals surface area contributed by atoms with Gasteiger partial charge in [-0.2, -0.15) is 5.10 Å². The lowest BCUT2D eigenvalue weighted by Gasteiger charge is -2.07. The number of nitrogens with one attached hydrogen (secondary N) is 1. The van der Waals surface area contributed by atoms with Gasteiger partial charge in [0.25, 0.3) is 11.6 Å². The summed E-state index contributed by atoms with van der Waals surface area (Å²) in [5.41, 5.74) is 0.666. The molecule has 0 aliphatic carbocycles. The van der Waals surface area contributed by atoms with Crippen molar-refractivity contribution in [1.29, 1.82) is 0 Å². The molecule has 8 heteroatoms. The van der Waals surface area contributed by atoms with Gasteiger partial charge in [-0.05, 0) is 25.0 Å². The Morgan fingerprint density at radius 2 is 2.26 bits per heavy atom. The van der Waals surface area contributed by atoms with Gasteiger partial charge in [-0.25, -0.2) is 4.68 Å². The first-order valence-electron chi connectivity index (χ1n) is 7.28. The molecular formula is C15H18N4O4. The maximum atomic E-state index is 12.0. The summed E-state index contributed by atoms with van der Waals surface area (Å²) >= 11 is 0. The predicted molar refractivity (Wildman–Crippen MR) is 83.5 cm³/mol. The van der Waals surface area contributed by atoms with Crippen LogP contribution in [-0.4, -0.2) is 38.4 Å². The first kappa shape index (κ1) is 16.6. The second-order valence-electron chi connectivity index (χ2n) is 5.03. The number of amides is 1. The SMILES string of the molecule is CCC(O)CCNC(=O)c1ccn(-c2cccc([N+](=O)[O-])c2)n1. The Hall–Kier alpha value is -2.74. The molecule has 8 nitrogen and oxygen atoms in total. The summed E-state index contributed by atoms with van der Waals surface area (Å²) < 4.78 is 1.41. The normalized spacial score (nSPS) is 11.9. The van der Waals surface area contributed by atoms with Crippen LogP contribution in [0.4, 0.5) is 5.69 Å². The van der Waals surface area contributed by atoms with E-state index in [9.17, 15) is 20.0 Å². The number of hydrogen-bond donors (Lipinski definition) is 2. The monoisotopic (exact) mass is 318 g/mol. The molecule has 1 aromatic heterocycles. The van der Waals surface area contributed by atoms with Gasteiger partial charge < -0.3 is 10.4 Å². The number of rotatable bonds is 7. The molecular weight excluding hydrogens is 300 g/mol. The highest BCUT2D eigenvalue weighted by Crippen LogP contribution is 2.16. The Morgan fingerprint density at radius 3 is 2.96 bits per heavy atom. The molecule has 0 fully saturated rings. The molecule has 1 unspecified atom stereocenters. The van der Waals surface area contributed by atoms with E-state index in [1.807, 2.05) is 6.92 Å². The zero-order valence-corrected chi connectivity index (χ0v) is 12.7. The van der Waals surface area contributed by atoms with E-state index >= 15 is 0 Å². The lowest BCUT2D eigenvalue weighted by molar-refractivity contribution is -0.384. The average Bonchev–Trinajstić information content (AvgIpc) is 3.04. The van der Waals surface area contributed by atoms with Gasteiger partial charge in [0.2, 0.25) is 0 Å². The summed E-state index contributed by atoms with van der Waals surface area (Å²) in [5.74, 6) is -0.350. The molecule has 1 aromatic carbocycles. The first-order valence-corrected chi connectivity index (χ1v) is 7.28. The average molecular weight is 318 g/mol. The Kier molecular flexibility index (Phi) is 5.42. The molecule has 0 bridgehead atoms. The van der Waals surface area contributed by atoms with Crippen molar-refractivity contribution in [3.05, 3.63) is 52.3 Å². The molecule has 0 saturated heterocycles. The molecule has 2 aromatic rings. The third kappa shape index (κ3) is 4.36. The summed E-state index contributed by atoms with van der Waals surface area (Å²) in [4.78, 5) is 22.3. The van der Waals surface area contributed by atoms with E-state index in [1.54, 1.807) is 18.3 Å². The van der Waals surface area contributed by atoms with E-state index in [-0.39, 0.29) is 17.3 Å². The van der Waals surface area contributed by atoms with Crippen LogP contribution < -0.4 is 5.32 Å². The van der Waals surface area contributed by atoms with E-state index in [1.165, 1.54) is 22.9 Å². The van der Waals surface area contributed by atoms with Crippen LogP contribution in [0.25, 0.3) is 5.69 Å². The molecule has 1 amide bonds. The van der Waals surface area contributed by atoms with E-state index < -0.39 is 11.0 Å². The molecule has 0 radical (unpaired) electrons. The third-order valence-electron chi connectivity index (χ3n) is 3.36. The van der Waals surface area contributed by atoms with Crippen molar-refractivity contribution in [2.75, 3.05) is 6.54 Å². The molecule has 2 N–H and O–H groups in total. The van der Waals surface area contributed by atoms with Crippen LogP contribution in [0.15, 0.2) is 36.5 Å². The van der Waals surface area contributed by atoms with Gasteiger partial charge in [0.1, 0.15) is 0 Å². The van der Waals surface area contributed by atoms with Crippen LogP contribution >= 0.6 is 0 Å². The standard InChI is InChI=1S/C15H18N4O4/c1-2-13(20)6-8-16-15(21)14-7-9-18(17-14)11-4-3-5-12(10-11)19(22)23/h3-5,7,9-10,13,20H,2,6,8H2,1H3,(H,16,21). The number of benzene rings is 1. The molecule has 23 heavy (non-hydrogen) atoms. The van der Waals surface area contributed by atoms with Crippen LogP contribution in [-0.2, 0) is 0 Å². The van der Waals surface area contributed by atoms with Crippen molar-refractivity contribution < 1.29 is 14.8 Å². The van der Waals surface area contributed by atoms with Crippen LogP contribution in [0.2, 0.25) is 0 Å². The lowest BCUT2D eigenvalue weighted by Crippen LogP contribution is -2.27. The molecule has 0 saturated carbocycles. The number of hydrogen-bond acceptors (Lipinski definition) is 5. The quantitative estimate of drug-likeness (QED) is 0.596. The van der Waals surface area contributed by atoms with Gasteiger partial charge in [-0.1, -0.05) is 13.0 Å². The number of aliphatic hydroxyl groups excluding tert-OH is 1. The van der Waals surface area contributed by atoms with E-state index in [2.05, 4.69) is 10.4 Å². The summed E-state index contributed by atoms with van der Waals surface area (Å²) in [5, 5.41) is 27.0. The predicted octanol–water partition coefficient (Wildman–Crippen LogP) is 1.67. The summed E-state index contributed by atoms with van der Waals surface area (Å²) in [6.45, 7) is 2.23. The highest BCUT2D eigenvalue weighted by Gasteiger charge is 2.12. The fraction of sp³-hybridized carbons (Fsp3) is 0.333. The Bertz CT molecular complexity index is 698. The second-order valence-corrected chi connectivity index (χ2v) is 5.03. The fourth-order valence-corrected chi connectivity index (χ4v) is 1.98. The molecule has 2 rings (SSSR count). The van der Waals surface area contributed by atoms with Crippen molar-refractivity contribution in [3.63, 3.8) is 0 Å². The molecule has 0 spiro atoms. The van der Waals surface area contributed by atoms with Crippen LogP contribution in [0.1, 0.15) is 30.3 Å². The van der Waals surface area contributed by atoms with Gasteiger partial charge in [-0.3, -0.25) is 14.9 Å². The van der Waals surface area contributed by atoms with E-state index in [0.717, 1.165) is 0 Å². The van der Waals surface area contributed by atoms with Crippen molar-refractivity contribution >= 4 is 11.6 Å². The summed E-state index contributed by atoms with van der Waals surface area (Å²) in [7, 11) is 0. The number of carbonyl (C=O) groups excluding carboxylic acids is 1. The van der Waals surface area contributed by atoms with Crippen molar-refractivity contribution in [3.8, 4) is 5.69 Å². The smallest absolute Gasteiger partial charge is 0.271 e. The molecule has 122 valence electrons. The van der Waals surface area contributed by atoms with E-state index in [4.69, 9.17) is 0 Å². The fourth-order valence-electron chi connectivity index (χ4n) is 1.98. The highest BCUT2D eigenvalue weighted by molar-refractivity contribution is 5.92. The summed E-state index contributed by atoms with van der Waals surface area (Å²) in [6.07, 6.45) is 2.25. The molecule has 1 atom stereocenters. The number of nitro groups is 1. The number of aromatic nitrogens is 2. The number of nitrogens with zero attached hydrogens (tertiary/aromatic N) is 3. The minimum atomic E-state index is -0.486. The lowest BCUT2D eigenvalue weighted by atomic mass is 10.2. The highest BCUT2D eigenvalue weighted by atomic mass is 16.6. The third-order valence-corrected chi connectivity index (χ3v) is 3.36. The summed E-state index contributed by atoms with van der Waals surface area (Å²) in [6, 6.07) is 7.52. The van der Waals surface area contributed by atoms with Crippen molar-refractivity contribution in [2.45, 2.75) is 25.9 Å². The number of carbonyl (C=O) groups is 1. The van der Waals surface area contributed by atoms with Crippen molar-refractivity contribution in [1.82, 2.24) is 15.1 Å². The van der Waals surface area contributed by atoms with Crippen LogP contribution in [0.3, 0.4) is 0 Å². The Balaban J connectivity index is 2.04. The first-order chi connectivity index (χ1) is 11.0. The van der Waals surface area contributed by atoms with Gasteiger partial charge in [0.05, 0.1) is 16.7 Å². The Morgan fingerprint density at radius 1 is 1.48 bits per heavy atom. The maximum absolute atomic E-state index is 12.0. The number of nitro benzene ring substituents is 1. The minimum absolute atomic E-state index is 0.0439. The van der Waals surface area contributed by atoms with Crippen LogP contribution in [0, 0.1) is 10.1 Å². The zero-order valence-electron chi connectivity index (χ0n) is 12.7. The molecule has 0 aliphatic heterocycles. The molecule has 1 heterocycles.